The van der Waals surface area contributed by atoms with Gasteiger partial charge >= 0.3 is 11.9 Å². The highest BCUT2D eigenvalue weighted by Gasteiger charge is 2.21. The van der Waals surface area contributed by atoms with Crippen LogP contribution in [0.25, 0.3) is 0 Å². The number of halogens is 1. The van der Waals surface area contributed by atoms with Crippen molar-refractivity contribution in [3.05, 3.63) is 28.2 Å². The lowest BCUT2D eigenvalue weighted by Gasteiger charge is -2.13. The molecule has 1 atom stereocenters. The standard InChI is InChI=1S/C12H12BrNO6/c13-7-2-1-6(5-9(7)15)11(18)14-8(12(19)20)3-4-10(16)17/h1-2,5,8,15H,3-4H2,(H,14,18)(H,16,17)(H,19,20). The van der Waals surface area contributed by atoms with Gasteiger partial charge in [-0.15, -0.1) is 0 Å². The van der Waals surface area contributed by atoms with Gasteiger partial charge in [-0.3, -0.25) is 9.59 Å². The van der Waals surface area contributed by atoms with Crippen LogP contribution >= 0.6 is 15.9 Å². The summed E-state index contributed by atoms with van der Waals surface area (Å²) in [4.78, 5) is 33.2. The van der Waals surface area contributed by atoms with E-state index in [1.165, 1.54) is 18.2 Å². The van der Waals surface area contributed by atoms with Crippen molar-refractivity contribution in [2.24, 2.45) is 0 Å². The van der Waals surface area contributed by atoms with E-state index >= 15 is 0 Å². The number of phenols is 1. The van der Waals surface area contributed by atoms with Crippen LogP contribution in [0.5, 0.6) is 5.75 Å². The number of carboxylic acid groups (broad SMARTS) is 2. The number of aromatic hydroxyl groups is 1. The van der Waals surface area contributed by atoms with Crippen LogP contribution in [0, 0.1) is 0 Å². The number of hydrogen-bond acceptors (Lipinski definition) is 4. The second-order valence-electron chi connectivity index (χ2n) is 3.96. The minimum absolute atomic E-state index is 0.0762. The maximum atomic E-state index is 11.8. The molecule has 20 heavy (non-hydrogen) atoms. The van der Waals surface area contributed by atoms with E-state index in [9.17, 15) is 19.5 Å². The Labute approximate surface area is 122 Å². The molecule has 0 aliphatic rings. The fourth-order valence-corrected chi connectivity index (χ4v) is 1.67. The molecule has 0 spiro atoms. The molecular formula is C12H12BrNO6. The number of phenolic OH excluding ortho intramolecular Hbond substituents is 1. The van der Waals surface area contributed by atoms with E-state index in [-0.39, 0.29) is 24.2 Å². The van der Waals surface area contributed by atoms with Crippen LogP contribution in [0.2, 0.25) is 0 Å². The molecule has 108 valence electrons. The second kappa shape index (κ2) is 6.90. The van der Waals surface area contributed by atoms with E-state index in [1.54, 1.807) is 0 Å². The molecule has 1 rings (SSSR count). The number of aliphatic carboxylic acids is 2. The van der Waals surface area contributed by atoms with E-state index in [0.29, 0.717) is 4.47 Å². The molecule has 0 aliphatic heterocycles. The smallest absolute Gasteiger partial charge is 0.326 e. The maximum Gasteiger partial charge on any atom is 0.326 e. The molecule has 0 aliphatic carbocycles. The third kappa shape index (κ3) is 4.54. The Balaban J connectivity index is 2.77. The molecular weight excluding hydrogens is 334 g/mol. The van der Waals surface area contributed by atoms with Gasteiger partial charge in [0, 0.05) is 12.0 Å². The van der Waals surface area contributed by atoms with Gasteiger partial charge < -0.3 is 20.6 Å². The summed E-state index contributed by atoms with van der Waals surface area (Å²) in [5, 5.41) is 29.1. The van der Waals surface area contributed by atoms with Gasteiger partial charge in [0.1, 0.15) is 11.8 Å². The Morgan fingerprint density at radius 3 is 2.40 bits per heavy atom. The van der Waals surface area contributed by atoms with Crippen LogP contribution in [0.15, 0.2) is 22.7 Å². The molecule has 0 radical (unpaired) electrons. The van der Waals surface area contributed by atoms with Crippen LogP contribution in [-0.4, -0.2) is 39.2 Å². The first kappa shape index (κ1) is 16.0. The third-order valence-corrected chi connectivity index (χ3v) is 3.13. The fraction of sp³-hybridized carbons (Fsp3) is 0.250. The minimum atomic E-state index is -1.32. The number of carbonyl (C=O) groups excluding carboxylic acids is 1. The zero-order chi connectivity index (χ0) is 15.3. The molecule has 0 saturated carbocycles. The van der Waals surface area contributed by atoms with Crippen molar-refractivity contribution in [2.45, 2.75) is 18.9 Å². The summed E-state index contributed by atoms with van der Waals surface area (Å²) in [7, 11) is 0. The summed E-state index contributed by atoms with van der Waals surface area (Å²) in [5.41, 5.74) is 0.0762. The first-order chi connectivity index (χ1) is 9.31. The summed E-state index contributed by atoms with van der Waals surface area (Å²) < 4.78 is 0.398. The van der Waals surface area contributed by atoms with Crippen LogP contribution in [0.4, 0.5) is 0 Å². The van der Waals surface area contributed by atoms with Crippen LogP contribution < -0.4 is 5.32 Å². The second-order valence-corrected chi connectivity index (χ2v) is 4.82. The van der Waals surface area contributed by atoms with Crippen molar-refractivity contribution < 1.29 is 29.7 Å². The fourth-order valence-electron chi connectivity index (χ4n) is 1.42. The van der Waals surface area contributed by atoms with Gasteiger partial charge in [-0.1, -0.05) is 0 Å². The van der Waals surface area contributed by atoms with Gasteiger partial charge in [-0.2, -0.15) is 0 Å². The molecule has 7 nitrogen and oxygen atoms in total. The number of carbonyl (C=O) groups is 3. The normalized spacial score (nSPS) is 11.7. The molecule has 0 aromatic heterocycles. The lowest BCUT2D eigenvalue weighted by atomic mass is 10.1. The van der Waals surface area contributed by atoms with Crippen molar-refractivity contribution in [3.63, 3.8) is 0 Å². The van der Waals surface area contributed by atoms with E-state index in [4.69, 9.17) is 10.2 Å². The number of benzene rings is 1. The van der Waals surface area contributed by atoms with Gasteiger partial charge in [0.2, 0.25) is 0 Å². The zero-order valence-electron chi connectivity index (χ0n) is 10.2. The largest absolute Gasteiger partial charge is 0.507 e. The molecule has 1 amide bonds. The Hall–Kier alpha value is -2.09. The monoisotopic (exact) mass is 345 g/mol. The van der Waals surface area contributed by atoms with Crippen LogP contribution in [-0.2, 0) is 9.59 Å². The Kier molecular flexibility index (Phi) is 5.51. The van der Waals surface area contributed by atoms with E-state index in [0.717, 1.165) is 0 Å². The van der Waals surface area contributed by atoms with Gasteiger partial charge in [0.25, 0.3) is 5.91 Å². The third-order valence-electron chi connectivity index (χ3n) is 2.46. The SMILES string of the molecule is O=C(O)CCC(NC(=O)c1ccc(Br)c(O)c1)C(=O)O. The van der Waals surface area contributed by atoms with E-state index < -0.39 is 23.9 Å². The predicted molar refractivity (Wildman–Crippen MR) is 71.6 cm³/mol. The molecule has 1 aromatic carbocycles. The lowest BCUT2D eigenvalue weighted by molar-refractivity contribution is -0.140. The summed E-state index contributed by atoms with van der Waals surface area (Å²) >= 11 is 3.05. The molecule has 0 fully saturated rings. The molecule has 1 aromatic rings. The average Bonchev–Trinajstić information content (AvgIpc) is 2.36. The molecule has 0 saturated heterocycles. The quantitative estimate of drug-likeness (QED) is 0.614. The number of rotatable bonds is 6. The van der Waals surface area contributed by atoms with E-state index in [2.05, 4.69) is 21.2 Å². The van der Waals surface area contributed by atoms with Crippen molar-refractivity contribution in [3.8, 4) is 5.75 Å². The zero-order valence-corrected chi connectivity index (χ0v) is 11.8. The highest BCUT2D eigenvalue weighted by atomic mass is 79.9. The first-order valence-electron chi connectivity index (χ1n) is 5.55. The van der Waals surface area contributed by atoms with Crippen molar-refractivity contribution >= 4 is 33.8 Å². The Morgan fingerprint density at radius 1 is 1.25 bits per heavy atom. The predicted octanol–water partition coefficient (Wildman–Crippen LogP) is 1.20. The molecule has 8 heteroatoms. The van der Waals surface area contributed by atoms with Crippen molar-refractivity contribution in [2.75, 3.05) is 0 Å². The molecule has 4 N–H and O–H groups in total. The summed E-state index contributed by atoms with van der Waals surface area (Å²) in [6, 6.07) is 2.71. The lowest BCUT2D eigenvalue weighted by Crippen LogP contribution is -2.41. The minimum Gasteiger partial charge on any atom is -0.507 e. The van der Waals surface area contributed by atoms with Gasteiger partial charge in [-0.25, -0.2) is 4.79 Å². The van der Waals surface area contributed by atoms with Crippen LogP contribution in [0.3, 0.4) is 0 Å². The van der Waals surface area contributed by atoms with Crippen molar-refractivity contribution in [1.82, 2.24) is 5.32 Å². The Morgan fingerprint density at radius 2 is 1.90 bits per heavy atom. The highest BCUT2D eigenvalue weighted by Crippen LogP contribution is 2.24. The topological polar surface area (TPSA) is 124 Å². The van der Waals surface area contributed by atoms with Crippen LogP contribution in [0.1, 0.15) is 23.2 Å². The number of hydrogen-bond donors (Lipinski definition) is 4. The highest BCUT2D eigenvalue weighted by molar-refractivity contribution is 9.10. The molecule has 0 heterocycles. The first-order valence-corrected chi connectivity index (χ1v) is 6.34. The van der Waals surface area contributed by atoms with Crippen molar-refractivity contribution in [1.29, 1.82) is 0 Å². The van der Waals surface area contributed by atoms with E-state index in [1.807, 2.05) is 0 Å². The number of nitrogens with one attached hydrogen (secondary N) is 1. The van der Waals surface area contributed by atoms with Gasteiger partial charge in [-0.05, 0) is 40.5 Å². The van der Waals surface area contributed by atoms with Gasteiger partial charge in [0.15, 0.2) is 0 Å². The summed E-state index contributed by atoms with van der Waals surface area (Å²) in [6.07, 6.45) is -0.595. The number of carboxylic acids is 2. The molecule has 1 unspecified atom stereocenters. The Bertz CT molecular complexity index is 545. The summed E-state index contributed by atoms with van der Waals surface area (Å²) in [6.45, 7) is 0. The summed E-state index contributed by atoms with van der Waals surface area (Å²) in [5.74, 6) is -3.33. The average molecular weight is 346 g/mol. The molecule has 0 bridgehead atoms. The maximum absolute atomic E-state index is 11.8. The van der Waals surface area contributed by atoms with Gasteiger partial charge in [0.05, 0.1) is 4.47 Å². The number of amides is 1.